The van der Waals surface area contributed by atoms with Gasteiger partial charge in [0.05, 0.1) is 30.1 Å². The van der Waals surface area contributed by atoms with Crippen LogP contribution in [0, 0.1) is 46.8 Å². The molecule has 0 spiro atoms. The fourth-order valence-corrected chi connectivity index (χ4v) is 9.48. The summed E-state index contributed by atoms with van der Waals surface area (Å²) in [4.78, 5) is 28.9. The first-order chi connectivity index (χ1) is 19.7. The molecule has 5 aliphatic rings. The van der Waals surface area contributed by atoms with Crippen LogP contribution in [-0.4, -0.2) is 92.0 Å². The van der Waals surface area contributed by atoms with Gasteiger partial charge in [0.2, 0.25) is 18.2 Å². The molecule has 41 heavy (non-hydrogen) atoms. The molecule has 5 fully saturated rings. The van der Waals surface area contributed by atoms with E-state index in [9.17, 15) is 23.6 Å². The van der Waals surface area contributed by atoms with Crippen LogP contribution in [-0.2, 0) is 19.1 Å². The van der Waals surface area contributed by atoms with Gasteiger partial charge in [-0.3, -0.25) is 14.9 Å². The summed E-state index contributed by atoms with van der Waals surface area (Å²) in [7, 11) is 3.24. The maximum Gasteiger partial charge on any atom is 0.241 e. The minimum Gasteiger partial charge on any atom is -0.381 e. The molecule has 5 rings (SSSR count). The highest BCUT2D eigenvalue weighted by Gasteiger charge is 2.48. The van der Waals surface area contributed by atoms with Gasteiger partial charge in [-0.2, -0.15) is 5.26 Å². The summed E-state index contributed by atoms with van der Waals surface area (Å²) in [5, 5.41) is 20.0. The van der Waals surface area contributed by atoms with Crippen LogP contribution in [0.15, 0.2) is 0 Å². The number of methoxy groups -OCH3 is 2. The van der Waals surface area contributed by atoms with Gasteiger partial charge in [0, 0.05) is 63.0 Å². The number of alkyl halides is 2. The molecule has 0 bridgehead atoms. The SMILES string of the molecule is COC1CC(C(F)F)CCC1C(=O)N1CC2NC(NC(=O)C3CNC(C)CC3C3CC(C#N)CCC3OC)SC2C1. The maximum atomic E-state index is 13.7. The Morgan fingerprint density at radius 1 is 1.02 bits per heavy atom. The number of amides is 2. The summed E-state index contributed by atoms with van der Waals surface area (Å²) in [5.41, 5.74) is -0.237. The van der Waals surface area contributed by atoms with E-state index in [1.165, 1.54) is 7.11 Å². The Hall–Kier alpha value is -1.52. The number of nitrogens with zero attached hydrogens (tertiary/aromatic N) is 2. The minimum absolute atomic E-state index is 0.0101. The van der Waals surface area contributed by atoms with Crippen LogP contribution in [0.4, 0.5) is 8.78 Å². The number of rotatable bonds is 7. The van der Waals surface area contributed by atoms with Gasteiger partial charge in [-0.15, -0.1) is 11.8 Å². The molecular formula is C29H45F2N5O4S. The van der Waals surface area contributed by atoms with Crippen LogP contribution in [0.1, 0.15) is 51.9 Å². The second kappa shape index (κ2) is 13.4. The molecular weight excluding hydrogens is 552 g/mol. The summed E-state index contributed by atoms with van der Waals surface area (Å²) in [6, 6.07) is 2.80. The average Bonchev–Trinajstić information content (AvgIpc) is 3.54. The molecule has 12 unspecified atom stereocenters. The first kappa shape index (κ1) is 30.9. The molecule has 0 aromatic carbocycles. The summed E-state index contributed by atoms with van der Waals surface area (Å²) >= 11 is 1.64. The van der Waals surface area contributed by atoms with Crippen molar-refractivity contribution in [2.75, 3.05) is 33.9 Å². The van der Waals surface area contributed by atoms with Crippen molar-refractivity contribution in [1.82, 2.24) is 20.9 Å². The standard InChI is InChI=1S/C29H45F2N5O4S/c1-15-8-19(20-9-16(11-32)4-7-23(20)39-2)21(12-33-15)27(37)35-29-34-22-13-36(14-25(22)41-29)28(38)18-6-5-17(26(30)31)10-24(18)40-3/h15-26,29,33-34H,4-10,12-14H2,1-3H3,(H,35,37). The quantitative estimate of drug-likeness (QED) is 0.410. The molecule has 3 saturated heterocycles. The Bertz CT molecular complexity index is 973. The number of nitriles is 1. The predicted octanol–water partition coefficient (Wildman–Crippen LogP) is 2.57. The van der Waals surface area contributed by atoms with E-state index < -0.39 is 18.4 Å². The van der Waals surface area contributed by atoms with Crippen LogP contribution >= 0.6 is 11.8 Å². The van der Waals surface area contributed by atoms with Crippen molar-refractivity contribution in [3.05, 3.63) is 0 Å². The van der Waals surface area contributed by atoms with Gasteiger partial charge < -0.3 is 25.0 Å². The number of fused-ring (bicyclic) bond motifs is 1. The van der Waals surface area contributed by atoms with Crippen molar-refractivity contribution in [1.29, 1.82) is 5.26 Å². The molecule has 0 radical (unpaired) electrons. The third kappa shape index (κ3) is 6.69. The van der Waals surface area contributed by atoms with Crippen LogP contribution in [0.2, 0.25) is 0 Å². The lowest BCUT2D eigenvalue weighted by Crippen LogP contribution is -2.55. The summed E-state index contributed by atoms with van der Waals surface area (Å²) < 4.78 is 37.8. The van der Waals surface area contributed by atoms with Crippen LogP contribution in [0.3, 0.4) is 0 Å². The third-order valence-corrected chi connectivity index (χ3v) is 11.7. The number of ether oxygens (including phenoxy) is 2. The van der Waals surface area contributed by atoms with Crippen molar-refractivity contribution < 1.29 is 27.8 Å². The molecule has 2 aliphatic carbocycles. The lowest BCUT2D eigenvalue weighted by molar-refractivity contribution is -0.143. The van der Waals surface area contributed by atoms with E-state index in [0.29, 0.717) is 38.5 Å². The highest BCUT2D eigenvalue weighted by Crippen LogP contribution is 2.42. The number of hydrogen-bond donors (Lipinski definition) is 3. The number of piperidine rings is 1. The molecule has 12 heteroatoms. The topological polar surface area (TPSA) is 116 Å². The summed E-state index contributed by atoms with van der Waals surface area (Å²) in [6.07, 6.45) is 1.52. The van der Waals surface area contributed by atoms with E-state index >= 15 is 0 Å². The van der Waals surface area contributed by atoms with Gasteiger partial charge in [-0.25, -0.2) is 8.78 Å². The fraction of sp³-hybridized carbons (Fsp3) is 0.897. The zero-order chi connectivity index (χ0) is 29.3. The van der Waals surface area contributed by atoms with E-state index in [-0.39, 0.29) is 70.7 Å². The monoisotopic (exact) mass is 597 g/mol. The van der Waals surface area contributed by atoms with Gasteiger partial charge in [0.25, 0.3) is 0 Å². The maximum absolute atomic E-state index is 13.7. The molecule has 230 valence electrons. The van der Waals surface area contributed by atoms with Crippen molar-refractivity contribution >= 4 is 23.6 Å². The number of likely N-dealkylation sites (tertiary alicyclic amines) is 1. The fourth-order valence-electron chi connectivity index (χ4n) is 8.07. The lowest BCUT2D eigenvalue weighted by atomic mass is 9.66. The number of thioether (sulfide) groups is 1. The van der Waals surface area contributed by atoms with Crippen molar-refractivity contribution in [2.24, 2.45) is 35.5 Å². The molecule has 9 nitrogen and oxygen atoms in total. The molecule has 0 aromatic rings. The number of nitrogens with one attached hydrogen (secondary N) is 3. The molecule has 3 aliphatic heterocycles. The van der Waals surface area contributed by atoms with Crippen molar-refractivity contribution in [3.8, 4) is 6.07 Å². The molecule has 2 saturated carbocycles. The lowest BCUT2D eigenvalue weighted by Gasteiger charge is -2.44. The van der Waals surface area contributed by atoms with Gasteiger partial charge >= 0.3 is 0 Å². The van der Waals surface area contributed by atoms with Crippen molar-refractivity contribution in [2.45, 2.75) is 93.3 Å². The van der Waals surface area contributed by atoms with Crippen LogP contribution in [0.5, 0.6) is 0 Å². The molecule has 12 atom stereocenters. The van der Waals surface area contributed by atoms with E-state index in [1.54, 1.807) is 18.9 Å². The highest BCUT2D eigenvalue weighted by molar-refractivity contribution is 8.00. The highest BCUT2D eigenvalue weighted by atomic mass is 32.2. The van der Waals surface area contributed by atoms with E-state index in [1.807, 2.05) is 4.90 Å². The first-order valence-corrected chi connectivity index (χ1v) is 16.1. The Labute approximate surface area is 246 Å². The number of carbonyl (C=O) groups excluding carboxylic acids is 2. The van der Waals surface area contributed by atoms with Crippen LogP contribution in [0.25, 0.3) is 0 Å². The van der Waals surface area contributed by atoms with Gasteiger partial charge in [-0.1, -0.05) is 0 Å². The van der Waals surface area contributed by atoms with Crippen molar-refractivity contribution in [3.63, 3.8) is 0 Å². The van der Waals surface area contributed by atoms with Gasteiger partial charge in [-0.05, 0) is 63.7 Å². The number of hydrogen-bond acceptors (Lipinski definition) is 8. The second-order valence-electron chi connectivity index (χ2n) is 12.8. The van der Waals surface area contributed by atoms with E-state index in [2.05, 4.69) is 28.9 Å². The smallest absolute Gasteiger partial charge is 0.241 e. The van der Waals surface area contributed by atoms with Gasteiger partial charge in [0.1, 0.15) is 5.50 Å². The molecule has 3 N–H and O–H groups in total. The van der Waals surface area contributed by atoms with Gasteiger partial charge in [0.15, 0.2) is 0 Å². The Morgan fingerprint density at radius 3 is 2.49 bits per heavy atom. The summed E-state index contributed by atoms with van der Waals surface area (Å²) in [5.74, 6) is -0.977. The molecule has 3 heterocycles. The Balaban J connectivity index is 1.16. The molecule has 2 amide bonds. The zero-order valence-electron chi connectivity index (χ0n) is 24.3. The minimum atomic E-state index is -2.39. The Morgan fingerprint density at radius 2 is 1.80 bits per heavy atom. The predicted molar refractivity (Wildman–Crippen MR) is 151 cm³/mol. The third-order valence-electron chi connectivity index (χ3n) is 10.4. The normalized spacial score (nSPS) is 43.0. The zero-order valence-corrected chi connectivity index (χ0v) is 25.1. The van der Waals surface area contributed by atoms with E-state index in [0.717, 1.165) is 25.7 Å². The second-order valence-corrected chi connectivity index (χ2v) is 14.1. The van der Waals surface area contributed by atoms with E-state index in [4.69, 9.17) is 9.47 Å². The van der Waals surface area contributed by atoms with Crippen LogP contribution < -0.4 is 16.0 Å². The average molecular weight is 598 g/mol. The Kier molecular flexibility index (Phi) is 10.1. The largest absolute Gasteiger partial charge is 0.381 e. The summed E-state index contributed by atoms with van der Waals surface area (Å²) in [6.45, 7) is 3.85. The number of carbonyl (C=O) groups is 2. The molecule has 0 aromatic heterocycles. The first-order valence-electron chi connectivity index (χ1n) is 15.2. The number of halogens is 2.